The SMILES string of the molecule is COc1ccccc1/C=C1\N=C(c2ccc(Br)cc2)OC1=O. The minimum Gasteiger partial charge on any atom is -0.496 e. The molecule has 0 unspecified atom stereocenters. The molecule has 0 bridgehead atoms. The van der Waals surface area contributed by atoms with Gasteiger partial charge in [0.15, 0.2) is 5.70 Å². The van der Waals surface area contributed by atoms with E-state index in [2.05, 4.69) is 20.9 Å². The van der Waals surface area contributed by atoms with Crippen molar-refractivity contribution in [3.8, 4) is 5.75 Å². The normalized spacial score (nSPS) is 15.6. The Bertz CT molecular complexity index is 779. The Kier molecular flexibility index (Phi) is 4.06. The van der Waals surface area contributed by atoms with Crippen LogP contribution in [0.1, 0.15) is 11.1 Å². The minimum absolute atomic E-state index is 0.252. The zero-order chi connectivity index (χ0) is 15.5. The Hall–Kier alpha value is -2.40. The molecule has 5 heteroatoms. The molecule has 110 valence electrons. The molecule has 0 saturated heterocycles. The van der Waals surface area contributed by atoms with Crippen molar-refractivity contribution >= 4 is 33.9 Å². The van der Waals surface area contributed by atoms with Gasteiger partial charge in [0, 0.05) is 15.6 Å². The van der Waals surface area contributed by atoms with Crippen LogP contribution in [0.25, 0.3) is 6.08 Å². The van der Waals surface area contributed by atoms with Gasteiger partial charge in [-0.3, -0.25) is 0 Å². The molecule has 4 nitrogen and oxygen atoms in total. The Morgan fingerprint density at radius 1 is 1.14 bits per heavy atom. The lowest BCUT2D eigenvalue weighted by atomic mass is 10.1. The predicted molar refractivity (Wildman–Crippen MR) is 87.7 cm³/mol. The molecule has 0 radical (unpaired) electrons. The van der Waals surface area contributed by atoms with Crippen molar-refractivity contribution in [1.29, 1.82) is 0 Å². The summed E-state index contributed by atoms with van der Waals surface area (Å²) in [6.45, 7) is 0. The summed E-state index contributed by atoms with van der Waals surface area (Å²) >= 11 is 3.36. The lowest BCUT2D eigenvalue weighted by molar-refractivity contribution is -0.129. The van der Waals surface area contributed by atoms with E-state index >= 15 is 0 Å². The van der Waals surface area contributed by atoms with Gasteiger partial charge in [-0.2, -0.15) is 0 Å². The van der Waals surface area contributed by atoms with E-state index in [1.54, 1.807) is 13.2 Å². The number of cyclic esters (lactones) is 1. The first-order chi connectivity index (χ1) is 10.7. The highest BCUT2D eigenvalue weighted by Crippen LogP contribution is 2.24. The van der Waals surface area contributed by atoms with Gasteiger partial charge in [-0.25, -0.2) is 9.79 Å². The van der Waals surface area contributed by atoms with Crippen molar-refractivity contribution in [2.45, 2.75) is 0 Å². The maximum Gasteiger partial charge on any atom is 0.363 e. The van der Waals surface area contributed by atoms with Crippen LogP contribution < -0.4 is 4.74 Å². The smallest absolute Gasteiger partial charge is 0.363 e. The zero-order valence-corrected chi connectivity index (χ0v) is 13.3. The molecule has 0 fully saturated rings. The van der Waals surface area contributed by atoms with Gasteiger partial charge < -0.3 is 9.47 Å². The fraction of sp³-hybridized carbons (Fsp3) is 0.0588. The van der Waals surface area contributed by atoms with Crippen molar-refractivity contribution in [3.05, 3.63) is 69.8 Å². The van der Waals surface area contributed by atoms with Crippen LogP contribution in [0.4, 0.5) is 0 Å². The summed E-state index contributed by atoms with van der Waals surface area (Å²) in [5.74, 6) is 0.512. The first-order valence-corrected chi connectivity index (χ1v) is 7.38. The molecule has 1 aliphatic rings. The summed E-state index contributed by atoms with van der Waals surface area (Å²) in [5, 5.41) is 0. The molecule has 0 N–H and O–H groups in total. The number of hydrogen-bond acceptors (Lipinski definition) is 4. The van der Waals surface area contributed by atoms with Gasteiger partial charge in [-0.1, -0.05) is 34.1 Å². The van der Waals surface area contributed by atoms with Crippen molar-refractivity contribution < 1.29 is 14.3 Å². The van der Waals surface area contributed by atoms with Crippen molar-refractivity contribution in [2.75, 3.05) is 7.11 Å². The number of carbonyl (C=O) groups excluding carboxylic acids is 1. The monoisotopic (exact) mass is 357 g/mol. The highest BCUT2D eigenvalue weighted by molar-refractivity contribution is 9.10. The minimum atomic E-state index is -0.469. The van der Waals surface area contributed by atoms with Crippen LogP contribution in [-0.2, 0) is 9.53 Å². The van der Waals surface area contributed by atoms with E-state index in [0.29, 0.717) is 11.6 Å². The summed E-state index contributed by atoms with van der Waals surface area (Å²) in [6.07, 6.45) is 1.66. The first kappa shape index (κ1) is 14.5. The second-order valence-electron chi connectivity index (χ2n) is 4.58. The molecule has 2 aromatic rings. The lowest BCUT2D eigenvalue weighted by Crippen LogP contribution is -2.05. The number of carbonyl (C=O) groups is 1. The van der Waals surface area contributed by atoms with Crippen LogP contribution in [0.15, 0.2) is 63.7 Å². The summed E-state index contributed by atoms with van der Waals surface area (Å²) in [5.41, 5.74) is 1.78. The van der Waals surface area contributed by atoms with Gasteiger partial charge in [0.25, 0.3) is 0 Å². The number of benzene rings is 2. The van der Waals surface area contributed by atoms with Crippen LogP contribution in [0.2, 0.25) is 0 Å². The van der Waals surface area contributed by atoms with Crippen LogP contribution in [0.5, 0.6) is 5.75 Å². The third kappa shape index (κ3) is 2.94. The largest absolute Gasteiger partial charge is 0.496 e. The third-order valence-electron chi connectivity index (χ3n) is 3.14. The summed E-state index contributed by atoms with van der Waals surface area (Å²) in [4.78, 5) is 16.2. The van der Waals surface area contributed by atoms with E-state index < -0.39 is 5.97 Å². The molecule has 0 amide bonds. The van der Waals surface area contributed by atoms with Crippen LogP contribution in [0, 0.1) is 0 Å². The van der Waals surface area contributed by atoms with Crippen LogP contribution in [-0.4, -0.2) is 19.0 Å². The average molecular weight is 358 g/mol. The maximum atomic E-state index is 12.0. The van der Waals surface area contributed by atoms with Gasteiger partial charge in [0.2, 0.25) is 5.90 Å². The fourth-order valence-electron chi connectivity index (χ4n) is 2.06. The van der Waals surface area contributed by atoms with Gasteiger partial charge in [-0.05, 0) is 36.4 Å². The molecule has 3 rings (SSSR count). The molecule has 1 aliphatic heterocycles. The Morgan fingerprint density at radius 2 is 1.86 bits per heavy atom. The van der Waals surface area contributed by atoms with E-state index in [4.69, 9.17) is 9.47 Å². The van der Waals surface area contributed by atoms with Gasteiger partial charge in [-0.15, -0.1) is 0 Å². The average Bonchev–Trinajstić information content (AvgIpc) is 2.89. The first-order valence-electron chi connectivity index (χ1n) is 6.59. The molecule has 2 aromatic carbocycles. The highest BCUT2D eigenvalue weighted by Gasteiger charge is 2.24. The van der Waals surface area contributed by atoms with E-state index in [0.717, 1.165) is 15.6 Å². The quantitative estimate of drug-likeness (QED) is 0.619. The summed E-state index contributed by atoms with van der Waals surface area (Å²) in [6, 6.07) is 14.8. The number of nitrogens with zero attached hydrogens (tertiary/aromatic N) is 1. The van der Waals surface area contributed by atoms with E-state index in [1.165, 1.54) is 0 Å². The number of methoxy groups -OCH3 is 1. The molecule has 0 aliphatic carbocycles. The number of ether oxygens (including phenoxy) is 2. The molecule has 0 aromatic heterocycles. The summed E-state index contributed by atoms with van der Waals surface area (Å²) in [7, 11) is 1.58. The molecule has 0 saturated carbocycles. The Labute approximate surface area is 136 Å². The van der Waals surface area contributed by atoms with Crippen molar-refractivity contribution in [1.82, 2.24) is 0 Å². The van der Waals surface area contributed by atoms with Crippen molar-refractivity contribution in [3.63, 3.8) is 0 Å². The Morgan fingerprint density at radius 3 is 2.59 bits per heavy atom. The topological polar surface area (TPSA) is 47.9 Å². The fourth-order valence-corrected chi connectivity index (χ4v) is 2.32. The molecule has 1 heterocycles. The molecule has 22 heavy (non-hydrogen) atoms. The lowest BCUT2D eigenvalue weighted by Gasteiger charge is -2.03. The van der Waals surface area contributed by atoms with Crippen LogP contribution in [0.3, 0.4) is 0 Å². The Balaban J connectivity index is 1.96. The highest BCUT2D eigenvalue weighted by atomic mass is 79.9. The molecule has 0 atom stereocenters. The van der Waals surface area contributed by atoms with E-state index in [-0.39, 0.29) is 5.70 Å². The standard InChI is InChI=1S/C17H12BrNO3/c1-21-15-5-3-2-4-12(15)10-14-17(20)22-16(19-14)11-6-8-13(18)9-7-11/h2-10H,1H3/b14-10-. The van der Waals surface area contributed by atoms with Crippen molar-refractivity contribution in [2.24, 2.45) is 4.99 Å². The number of halogens is 1. The zero-order valence-electron chi connectivity index (χ0n) is 11.7. The maximum absolute atomic E-state index is 12.0. The van der Waals surface area contributed by atoms with E-state index in [1.807, 2.05) is 48.5 Å². The predicted octanol–water partition coefficient (Wildman–Crippen LogP) is 3.80. The molecule has 0 spiro atoms. The second kappa shape index (κ2) is 6.15. The summed E-state index contributed by atoms with van der Waals surface area (Å²) < 4.78 is 11.4. The number of esters is 1. The second-order valence-corrected chi connectivity index (χ2v) is 5.50. The van der Waals surface area contributed by atoms with Crippen LogP contribution >= 0.6 is 15.9 Å². The number of rotatable bonds is 3. The third-order valence-corrected chi connectivity index (χ3v) is 3.67. The number of aliphatic imine (C=N–C) groups is 1. The molecular formula is C17H12BrNO3. The number of para-hydroxylation sites is 1. The van der Waals surface area contributed by atoms with Gasteiger partial charge in [0.05, 0.1) is 7.11 Å². The van der Waals surface area contributed by atoms with E-state index in [9.17, 15) is 4.79 Å². The molecular weight excluding hydrogens is 346 g/mol. The van der Waals surface area contributed by atoms with Gasteiger partial charge >= 0.3 is 5.97 Å². The number of hydrogen-bond donors (Lipinski definition) is 0. The van der Waals surface area contributed by atoms with Gasteiger partial charge in [0.1, 0.15) is 5.75 Å².